The van der Waals surface area contributed by atoms with E-state index in [0.29, 0.717) is 12.5 Å². The Morgan fingerprint density at radius 3 is 3.00 bits per heavy atom. The van der Waals surface area contributed by atoms with Crippen LogP contribution >= 0.6 is 11.3 Å². The minimum Gasteiger partial charge on any atom is -0.348 e. The molecule has 5 heteroatoms. The lowest BCUT2D eigenvalue weighted by Gasteiger charge is -2.03. The number of rotatable bonds is 3. The minimum atomic E-state index is 0.638. The summed E-state index contributed by atoms with van der Waals surface area (Å²) in [6.45, 7) is 0.663. The molecule has 0 radical (unpaired) electrons. The third-order valence-electron chi connectivity index (χ3n) is 2.37. The molecule has 0 amide bonds. The van der Waals surface area contributed by atoms with Gasteiger partial charge in [0.25, 0.3) is 0 Å². The van der Waals surface area contributed by atoms with Crippen LogP contribution in [0, 0.1) is 0 Å². The van der Waals surface area contributed by atoms with Gasteiger partial charge in [-0.05, 0) is 6.07 Å². The summed E-state index contributed by atoms with van der Waals surface area (Å²) >= 11 is 1.62. The van der Waals surface area contributed by atoms with Crippen molar-refractivity contribution in [2.45, 2.75) is 6.54 Å². The Hall–Kier alpha value is -2.01. The molecule has 0 aliphatic heterocycles. The summed E-state index contributed by atoms with van der Waals surface area (Å²) in [6, 6.07) is 7.93. The summed E-state index contributed by atoms with van der Waals surface area (Å²) in [5.74, 6) is 0.638. The lowest BCUT2D eigenvalue weighted by molar-refractivity contribution is 1.05. The fourth-order valence-electron chi connectivity index (χ4n) is 1.55. The molecule has 1 N–H and O–H groups in total. The van der Waals surface area contributed by atoms with Crippen LogP contribution < -0.4 is 5.32 Å². The van der Waals surface area contributed by atoms with E-state index in [1.165, 1.54) is 0 Å². The fourth-order valence-corrected chi connectivity index (χ4v) is 2.11. The van der Waals surface area contributed by atoms with Crippen LogP contribution in [0.15, 0.2) is 42.0 Å². The molecule has 84 valence electrons. The van der Waals surface area contributed by atoms with Crippen LogP contribution in [0.1, 0.15) is 5.01 Å². The number of thiazole rings is 1. The lowest BCUT2D eigenvalue weighted by Crippen LogP contribution is -2.02. The van der Waals surface area contributed by atoms with E-state index < -0.39 is 0 Å². The SMILES string of the molecule is c1ccc2nc(NCc3nccs3)ncc2c1. The van der Waals surface area contributed by atoms with Crippen LogP contribution in [0.3, 0.4) is 0 Å². The first-order valence-corrected chi connectivity index (χ1v) is 6.14. The normalized spacial score (nSPS) is 10.6. The van der Waals surface area contributed by atoms with Crippen molar-refractivity contribution < 1.29 is 0 Å². The number of benzene rings is 1. The molecule has 0 atom stereocenters. The molecule has 0 unspecified atom stereocenters. The molecular formula is C12H10N4S. The summed E-state index contributed by atoms with van der Waals surface area (Å²) in [4.78, 5) is 12.9. The third kappa shape index (κ3) is 2.24. The van der Waals surface area contributed by atoms with Crippen molar-refractivity contribution >= 4 is 28.2 Å². The Kier molecular flexibility index (Phi) is 2.67. The molecule has 17 heavy (non-hydrogen) atoms. The number of anilines is 1. The van der Waals surface area contributed by atoms with E-state index in [0.717, 1.165) is 15.9 Å². The van der Waals surface area contributed by atoms with Gasteiger partial charge in [0.1, 0.15) is 5.01 Å². The number of nitrogens with one attached hydrogen (secondary N) is 1. The van der Waals surface area contributed by atoms with E-state index in [2.05, 4.69) is 20.3 Å². The summed E-state index contributed by atoms with van der Waals surface area (Å²) in [6.07, 6.45) is 3.62. The second-order valence-electron chi connectivity index (χ2n) is 3.53. The van der Waals surface area contributed by atoms with Crippen molar-refractivity contribution in [2.24, 2.45) is 0 Å². The van der Waals surface area contributed by atoms with Gasteiger partial charge in [-0.1, -0.05) is 18.2 Å². The van der Waals surface area contributed by atoms with Crippen molar-refractivity contribution in [1.29, 1.82) is 0 Å². The van der Waals surface area contributed by atoms with Gasteiger partial charge in [-0.15, -0.1) is 11.3 Å². The van der Waals surface area contributed by atoms with Crippen molar-refractivity contribution in [2.75, 3.05) is 5.32 Å². The zero-order chi connectivity index (χ0) is 11.5. The molecule has 0 spiro atoms. The van der Waals surface area contributed by atoms with E-state index in [4.69, 9.17) is 0 Å². The van der Waals surface area contributed by atoms with Crippen molar-refractivity contribution in [3.05, 3.63) is 47.0 Å². The van der Waals surface area contributed by atoms with Crippen LogP contribution in [0.2, 0.25) is 0 Å². The van der Waals surface area contributed by atoms with Crippen LogP contribution in [0.5, 0.6) is 0 Å². The Bertz CT molecular complexity index is 621. The van der Waals surface area contributed by atoms with Gasteiger partial charge in [0, 0.05) is 23.2 Å². The number of hydrogen-bond donors (Lipinski definition) is 1. The molecule has 0 saturated carbocycles. The first kappa shape index (κ1) is 10.2. The van der Waals surface area contributed by atoms with Crippen LogP contribution in [-0.2, 0) is 6.54 Å². The number of hydrogen-bond acceptors (Lipinski definition) is 5. The number of fused-ring (bicyclic) bond motifs is 1. The lowest BCUT2D eigenvalue weighted by atomic mass is 10.2. The summed E-state index contributed by atoms with van der Waals surface area (Å²) in [7, 11) is 0. The topological polar surface area (TPSA) is 50.7 Å². The number of nitrogens with zero attached hydrogens (tertiary/aromatic N) is 3. The van der Waals surface area contributed by atoms with Crippen molar-refractivity contribution in [3.63, 3.8) is 0 Å². The van der Waals surface area contributed by atoms with Gasteiger partial charge < -0.3 is 5.32 Å². The van der Waals surface area contributed by atoms with Gasteiger partial charge >= 0.3 is 0 Å². The van der Waals surface area contributed by atoms with E-state index in [-0.39, 0.29) is 0 Å². The molecule has 1 aromatic carbocycles. The Morgan fingerprint density at radius 1 is 1.18 bits per heavy atom. The molecule has 2 aromatic heterocycles. The minimum absolute atomic E-state index is 0.638. The summed E-state index contributed by atoms with van der Waals surface area (Å²) in [5, 5.41) is 7.20. The second-order valence-corrected chi connectivity index (χ2v) is 4.51. The van der Waals surface area contributed by atoms with E-state index in [9.17, 15) is 0 Å². The molecule has 0 saturated heterocycles. The van der Waals surface area contributed by atoms with Gasteiger partial charge in [-0.3, -0.25) is 0 Å². The number of para-hydroxylation sites is 1. The fraction of sp³-hybridized carbons (Fsp3) is 0.0833. The Morgan fingerprint density at radius 2 is 2.12 bits per heavy atom. The van der Waals surface area contributed by atoms with Gasteiger partial charge in [0.15, 0.2) is 0 Å². The van der Waals surface area contributed by atoms with E-state index in [1.807, 2.05) is 35.8 Å². The van der Waals surface area contributed by atoms with Crippen molar-refractivity contribution in [3.8, 4) is 0 Å². The molecule has 0 bridgehead atoms. The molecule has 0 aliphatic rings. The molecule has 2 heterocycles. The van der Waals surface area contributed by atoms with Crippen LogP contribution in [0.25, 0.3) is 10.9 Å². The van der Waals surface area contributed by atoms with E-state index >= 15 is 0 Å². The Labute approximate surface area is 102 Å². The first-order chi connectivity index (χ1) is 8.42. The zero-order valence-corrected chi connectivity index (χ0v) is 9.81. The molecule has 0 fully saturated rings. The third-order valence-corrected chi connectivity index (χ3v) is 3.15. The molecular weight excluding hydrogens is 232 g/mol. The quantitative estimate of drug-likeness (QED) is 0.767. The zero-order valence-electron chi connectivity index (χ0n) is 9.00. The maximum absolute atomic E-state index is 4.43. The highest BCUT2D eigenvalue weighted by Crippen LogP contribution is 2.12. The van der Waals surface area contributed by atoms with Gasteiger partial charge in [-0.2, -0.15) is 0 Å². The maximum atomic E-state index is 4.43. The predicted molar refractivity (Wildman–Crippen MR) is 69.0 cm³/mol. The van der Waals surface area contributed by atoms with E-state index in [1.54, 1.807) is 17.5 Å². The summed E-state index contributed by atoms with van der Waals surface area (Å²) < 4.78 is 0. The highest BCUT2D eigenvalue weighted by Gasteiger charge is 2.00. The predicted octanol–water partition coefficient (Wildman–Crippen LogP) is 2.70. The van der Waals surface area contributed by atoms with Crippen molar-refractivity contribution in [1.82, 2.24) is 15.0 Å². The molecule has 3 rings (SSSR count). The van der Waals surface area contributed by atoms with Gasteiger partial charge in [-0.25, -0.2) is 15.0 Å². The maximum Gasteiger partial charge on any atom is 0.223 e. The van der Waals surface area contributed by atoms with Crippen LogP contribution in [-0.4, -0.2) is 15.0 Å². The van der Waals surface area contributed by atoms with Crippen LogP contribution in [0.4, 0.5) is 5.95 Å². The number of aromatic nitrogens is 3. The molecule has 3 aromatic rings. The second kappa shape index (κ2) is 4.47. The average Bonchev–Trinajstić information content (AvgIpc) is 2.89. The average molecular weight is 242 g/mol. The largest absolute Gasteiger partial charge is 0.348 e. The van der Waals surface area contributed by atoms with Gasteiger partial charge in [0.2, 0.25) is 5.95 Å². The summed E-state index contributed by atoms with van der Waals surface area (Å²) in [5.41, 5.74) is 0.948. The highest BCUT2D eigenvalue weighted by atomic mass is 32.1. The first-order valence-electron chi connectivity index (χ1n) is 5.26. The monoisotopic (exact) mass is 242 g/mol. The van der Waals surface area contributed by atoms with Gasteiger partial charge in [0.05, 0.1) is 12.1 Å². The highest BCUT2D eigenvalue weighted by molar-refractivity contribution is 7.09. The standard InChI is InChI=1S/C12H10N4S/c1-2-4-10-9(3-1)7-14-12(16-10)15-8-11-13-5-6-17-11/h1-7H,8H2,(H,14,15,16). The molecule has 0 aliphatic carbocycles. The smallest absolute Gasteiger partial charge is 0.223 e. The molecule has 4 nitrogen and oxygen atoms in total. The Balaban J connectivity index is 1.81.